The van der Waals surface area contributed by atoms with E-state index in [1.165, 1.54) is 0 Å². The fraction of sp³-hybridized carbons (Fsp3) is 0.571. The van der Waals surface area contributed by atoms with Gasteiger partial charge in [-0.15, -0.1) is 0 Å². The van der Waals surface area contributed by atoms with Gasteiger partial charge < -0.3 is 5.32 Å². The van der Waals surface area contributed by atoms with E-state index in [1.807, 2.05) is 19.1 Å². The van der Waals surface area contributed by atoms with E-state index in [0.717, 1.165) is 30.3 Å². The largest absolute Gasteiger partial charge is 0.315 e. The van der Waals surface area contributed by atoms with E-state index in [2.05, 4.69) is 26.0 Å². The van der Waals surface area contributed by atoms with Crippen molar-refractivity contribution >= 4 is 31.8 Å². The van der Waals surface area contributed by atoms with Gasteiger partial charge in [0, 0.05) is 29.3 Å². The minimum atomic E-state index is -3.50. The summed E-state index contributed by atoms with van der Waals surface area (Å²) in [4.78, 5) is 0. The van der Waals surface area contributed by atoms with Crippen LogP contribution >= 0.6 is 15.9 Å². The number of nitrogens with zero attached hydrogens (tertiary/aromatic N) is 1. The molecule has 1 aromatic rings. The first-order valence-electron chi connectivity index (χ1n) is 7.29. The Balaban J connectivity index is 2.10. The molecule has 1 aliphatic rings. The van der Waals surface area contributed by atoms with E-state index in [-0.39, 0.29) is 6.04 Å². The highest BCUT2D eigenvalue weighted by molar-refractivity contribution is 9.10. The van der Waals surface area contributed by atoms with Gasteiger partial charge in [0.1, 0.15) is 0 Å². The van der Waals surface area contributed by atoms with E-state index in [4.69, 9.17) is 0 Å². The molecule has 1 aliphatic heterocycles. The van der Waals surface area contributed by atoms with Crippen molar-refractivity contribution in [2.24, 2.45) is 0 Å². The van der Waals surface area contributed by atoms with Crippen LogP contribution in [0, 0.1) is 0 Å². The van der Waals surface area contributed by atoms with Crippen molar-refractivity contribution in [1.29, 1.82) is 0 Å². The number of halogens is 1. The highest BCUT2D eigenvalue weighted by atomic mass is 79.9. The zero-order chi connectivity index (χ0) is 15.3. The Labute approximate surface area is 135 Å². The lowest BCUT2D eigenvalue weighted by Gasteiger charge is -2.34. The number of hydrogen-bond acceptors (Lipinski definition) is 3. The number of nitrogens with one attached hydrogen (secondary N) is 2. The average Bonchev–Trinajstić information content (AvgIpc) is 2.47. The van der Waals surface area contributed by atoms with Gasteiger partial charge in [-0.2, -0.15) is 12.7 Å². The monoisotopic (exact) mass is 375 g/mol. The molecule has 0 spiro atoms. The summed E-state index contributed by atoms with van der Waals surface area (Å²) in [5.74, 6) is 0. The van der Waals surface area contributed by atoms with Gasteiger partial charge in [-0.1, -0.05) is 29.3 Å². The smallest absolute Gasteiger partial charge is 0.301 e. The standard InChI is InChI=1S/C14H22BrN3O2S/c1-2-16-11-14-5-3-4-10-18(14)21(19,20)17-13-8-6-12(15)7-9-13/h6-9,14,16-17H,2-5,10-11H2,1H3. The molecular formula is C14H22BrN3O2S. The number of likely N-dealkylation sites (N-methyl/N-ethyl adjacent to an activating group) is 1. The molecule has 0 saturated carbocycles. The molecule has 0 aliphatic carbocycles. The second kappa shape index (κ2) is 7.58. The van der Waals surface area contributed by atoms with Gasteiger partial charge in [0.15, 0.2) is 0 Å². The summed E-state index contributed by atoms with van der Waals surface area (Å²) in [6.07, 6.45) is 2.92. The third kappa shape index (κ3) is 4.67. The lowest BCUT2D eigenvalue weighted by molar-refractivity contribution is 0.248. The van der Waals surface area contributed by atoms with E-state index in [0.29, 0.717) is 18.8 Å². The minimum Gasteiger partial charge on any atom is -0.315 e. The molecule has 1 unspecified atom stereocenters. The van der Waals surface area contributed by atoms with Crippen molar-refractivity contribution in [2.75, 3.05) is 24.4 Å². The molecule has 5 nitrogen and oxygen atoms in total. The predicted octanol–water partition coefficient (Wildman–Crippen LogP) is 2.57. The first kappa shape index (κ1) is 16.7. The van der Waals surface area contributed by atoms with Crippen LogP contribution in [0.3, 0.4) is 0 Å². The third-order valence-corrected chi connectivity index (χ3v) is 5.72. The molecule has 1 atom stereocenters. The molecule has 0 aromatic heterocycles. The first-order valence-corrected chi connectivity index (χ1v) is 9.52. The Morgan fingerprint density at radius 3 is 2.67 bits per heavy atom. The van der Waals surface area contributed by atoms with Crippen molar-refractivity contribution in [3.05, 3.63) is 28.7 Å². The molecule has 2 rings (SSSR count). The molecule has 0 radical (unpaired) electrons. The van der Waals surface area contributed by atoms with Gasteiger partial charge in [0.05, 0.1) is 0 Å². The fourth-order valence-electron chi connectivity index (χ4n) is 2.53. The number of hydrogen-bond donors (Lipinski definition) is 2. The van der Waals surface area contributed by atoms with Gasteiger partial charge in [0.25, 0.3) is 0 Å². The van der Waals surface area contributed by atoms with Crippen LogP contribution in [0.4, 0.5) is 5.69 Å². The summed E-state index contributed by atoms with van der Waals surface area (Å²) < 4.78 is 30.4. The second-order valence-electron chi connectivity index (χ2n) is 5.18. The lowest BCUT2D eigenvalue weighted by Crippen LogP contribution is -2.50. The van der Waals surface area contributed by atoms with Crippen LogP contribution in [0.15, 0.2) is 28.7 Å². The third-order valence-electron chi connectivity index (χ3n) is 3.60. The summed E-state index contributed by atoms with van der Waals surface area (Å²) in [5.41, 5.74) is 0.589. The highest BCUT2D eigenvalue weighted by Crippen LogP contribution is 2.22. The van der Waals surface area contributed by atoms with Crippen LogP contribution in [0.25, 0.3) is 0 Å². The maximum absolute atomic E-state index is 12.6. The normalized spacial score (nSPS) is 20.4. The molecule has 7 heteroatoms. The van der Waals surface area contributed by atoms with E-state index in [9.17, 15) is 8.42 Å². The van der Waals surface area contributed by atoms with Crippen molar-refractivity contribution in [1.82, 2.24) is 9.62 Å². The molecule has 2 N–H and O–H groups in total. The fourth-order valence-corrected chi connectivity index (χ4v) is 4.29. The van der Waals surface area contributed by atoms with Crippen LogP contribution in [-0.2, 0) is 10.2 Å². The summed E-state index contributed by atoms with van der Waals surface area (Å²) in [6, 6.07) is 7.19. The SMILES string of the molecule is CCNCC1CCCCN1S(=O)(=O)Nc1ccc(Br)cc1. The van der Waals surface area contributed by atoms with Crippen molar-refractivity contribution < 1.29 is 8.42 Å². The van der Waals surface area contributed by atoms with Gasteiger partial charge in [-0.05, 0) is 43.7 Å². The Morgan fingerprint density at radius 2 is 2.00 bits per heavy atom. The molecule has 0 amide bonds. The van der Waals surface area contributed by atoms with E-state index < -0.39 is 10.2 Å². The topological polar surface area (TPSA) is 61.4 Å². The van der Waals surface area contributed by atoms with E-state index >= 15 is 0 Å². The summed E-state index contributed by atoms with van der Waals surface area (Å²) in [7, 11) is -3.50. The number of rotatable bonds is 6. The maximum atomic E-state index is 12.6. The predicted molar refractivity (Wildman–Crippen MR) is 89.6 cm³/mol. The molecular weight excluding hydrogens is 354 g/mol. The van der Waals surface area contributed by atoms with E-state index in [1.54, 1.807) is 16.4 Å². The Kier molecular flexibility index (Phi) is 6.04. The van der Waals surface area contributed by atoms with Gasteiger partial charge >= 0.3 is 10.2 Å². The van der Waals surface area contributed by atoms with Crippen LogP contribution in [-0.4, -0.2) is 38.4 Å². The number of benzene rings is 1. The first-order chi connectivity index (χ1) is 10.0. The van der Waals surface area contributed by atoms with Gasteiger partial charge in [0.2, 0.25) is 0 Å². The van der Waals surface area contributed by atoms with Crippen LogP contribution in [0.2, 0.25) is 0 Å². The number of anilines is 1. The van der Waals surface area contributed by atoms with Gasteiger partial charge in [-0.3, -0.25) is 4.72 Å². The zero-order valence-electron chi connectivity index (χ0n) is 12.2. The summed E-state index contributed by atoms with van der Waals surface area (Å²) >= 11 is 3.34. The number of piperidine rings is 1. The Hall–Kier alpha value is -0.630. The minimum absolute atomic E-state index is 0.0339. The molecule has 0 bridgehead atoms. The Bertz CT molecular complexity index is 548. The van der Waals surface area contributed by atoms with Crippen molar-refractivity contribution in [3.8, 4) is 0 Å². The van der Waals surface area contributed by atoms with Crippen molar-refractivity contribution in [3.63, 3.8) is 0 Å². The molecule has 118 valence electrons. The van der Waals surface area contributed by atoms with Crippen molar-refractivity contribution in [2.45, 2.75) is 32.2 Å². The van der Waals surface area contributed by atoms with Crippen LogP contribution < -0.4 is 10.0 Å². The lowest BCUT2D eigenvalue weighted by atomic mass is 10.1. The maximum Gasteiger partial charge on any atom is 0.301 e. The molecule has 1 heterocycles. The summed E-state index contributed by atoms with van der Waals surface area (Å²) in [6.45, 7) is 4.17. The summed E-state index contributed by atoms with van der Waals surface area (Å²) in [5, 5.41) is 3.25. The highest BCUT2D eigenvalue weighted by Gasteiger charge is 2.31. The second-order valence-corrected chi connectivity index (χ2v) is 7.72. The average molecular weight is 376 g/mol. The van der Waals surface area contributed by atoms with Crippen LogP contribution in [0.5, 0.6) is 0 Å². The van der Waals surface area contributed by atoms with Crippen LogP contribution in [0.1, 0.15) is 26.2 Å². The molecule has 1 aromatic carbocycles. The van der Waals surface area contributed by atoms with Gasteiger partial charge in [-0.25, -0.2) is 0 Å². The Morgan fingerprint density at radius 1 is 1.29 bits per heavy atom. The molecule has 21 heavy (non-hydrogen) atoms. The molecule has 1 fully saturated rings. The quantitative estimate of drug-likeness (QED) is 0.802. The molecule has 1 saturated heterocycles. The zero-order valence-corrected chi connectivity index (χ0v) is 14.6.